The third kappa shape index (κ3) is 2.03. The molecule has 0 N–H and O–H groups in total. The lowest BCUT2D eigenvalue weighted by Gasteiger charge is -2.04. The van der Waals surface area contributed by atoms with Gasteiger partial charge in [0, 0.05) is 18.0 Å². The van der Waals surface area contributed by atoms with Crippen LogP contribution in [0.5, 0.6) is 0 Å². The molecule has 3 aromatic heterocycles. The highest BCUT2D eigenvalue weighted by atomic mass is 19.1. The first-order valence-electron chi connectivity index (χ1n) is 6.83. The molecule has 4 aromatic rings. The van der Waals surface area contributed by atoms with Crippen molar-refractivity contribution < 1.29 is 4.39 Å². The summed E-state index contributed by atoms with van der Waals surface area (Å²) in [7, 11) is 0. The molecule has 3 heterocycles. The SMILES string of the molecule is Fc1ccc(-c2cnn3c(-c4ccccn4)ccnc23)cc1. The van der Waals surface area contributed by atoms with Crippen molar-refractivity contribution in [2.45, 2.75) is 0 Å². The van der Waals surface area contributed by atoms with Crippen LogP contribution in [-0.2, 0) is 0 Å². The number of benzene rings is 1. The van der Waals surface area contributed by atoms with Crippen LogP contribution in [-0.4, -0.2) is 19.6 Å². The predicted octanol–water partition coefficient (Wildman–Crippen LogP) is 3.60. The van der Waals surface area contributed by atoms with E-state index in [0.717, 1.165) is 28.2 Å². The van der Waals surface area contributed by atoms with E-state index in [4.69, 9.17) is 0 Å². The Balaban J connectivity index is 1.92. The maximum atomic E-state index is 13.1. The van der Waals surface area contributed by atoms with Gasteiger partial charge in [-0.15, -0.1) is 0 Å². The van der Waals surface area contributed by atoms with Gasteiger partial charge in [-0.2, -0.15) is 5.10 Å². The average molecular weight is 290 g/mol. The second-order valence-corrected chi connectivity index (χ2v) is 4.85. The maximum Gasteiger partial charge on any atom is 0.163 e. The Morgan fingerprint density at radius 2 is 1.73 bits per heavy atom. The number of aromatic nitrogens is 4. The second-order valence-electron chi connectivity index (χ2n) is 4.85. The first kappa shape index (κ1) is 12.6. The Morgan fingerprint density at radius 1 is 0.864 bits per heavy atom. The Labute approximate surface area is 125 Å². The zero-order valence-electron chi connectivity index (χ0n) is 11.5. The highest BCUT2D eigenvalue weighted by molar-refractivity contribution is 5.78. The highest BCUT2D eigenvalue weighted by Crippen LogP contribution is 2.26. The predicted molar refractivity (Wildman–Crippen MR) is 81.6 cm³/mol. The van der Waals surface area contributed by atoms with Crippen molar-refractivity contribution in [2.75, 3.05) is 0 Å². The van der Waals surface area contributed by atoms with Crippen LogP contribution in [0.1, 0.15) is 0 Å². The van der Waals surface area contributed by atoms with E-state index in [1.807, 2.05) is 24.3 Å². The Morgan fingerprint density at radius 3 is 2.50 bits per heavy atom. The van der Waals surface area contributed by atoms with Crippen molar-refractivity contribution in [1.29, 1.82) is 0 Å². The Hall–Kier alpha value is -3.08. The van der Waals surface area contributed by atoms with Gasteiger partial charge >= 0.3 is 0 Å². The zero-order chi connectivity index (χ0) is 14.9. The largest absolute Gasteiger partial charge is 0.255 e. The topological polar surface area (TPSA) is 43.1 Å². The van der Waals surface area contributed by atoms with E-state index in [1.165, 1.54) is 12.1 Å². The number of halogens is 1. The van der Waals surface area contributed by atoms with E-state index in [0.29, 0.717) is 0 Å². The molecule has 4 rings (SSSR count). The van der Waals surface area contributed by atoms with Gasteiger partial charge in [-0.1, -0.05) is 18.2 Å². The average Bonchev–Trinajstić information content (AvgIpc) is 3.00. The lowest BCUT2D eigenvalue weighted by Crippen LogP contribution is -1.96. The number of rotatable bonds is 2. The Kier molecular flexibility index (Phi) is 2.89. The minimum Gasteiger partial charge on any atom is -0.255 e. The third-order valence-electron chi connectivity index (χ3n) is 3.48. The number of hydrogen-bond donors (Lipinski definition) is 0. The van der Waals surface area contributed by atoms with E-state index in [-0.39, 0.29) is 5.82 Å². The number of fused-ring (bicyclic) bond motifs is 1. The summed E-state index contributed by atoms with van der Waals surface area (Å²) in [4.78, 5) is 8.76. The number of pyridine rings is 1. The quantitative estimate of drug-likeness (QED) is 0.566. The monoisotopic (exact) mass is 290 g/mol. The molecule has 106 valence electrons. The van der Waals surface area contributed by atoms with Gasteiger partial charge in [0.2, 0.25) is 0 Å². The summed E-state index contributed by atoms with van der Waals surface area (Å²) in [5.41, 5.74) is 4.14. The molecule has 5 heteroatoms. The number of hydrogen-bond acceptors (Lipinski definition) is 3. The molecule has 0 aliphatic carbocycles. The first-order chi connectivity index (χ1) is 10.8. The van der Waals surface area contributed by atoms with Crippen LogP contribution in [0.2, 0.25) is 0 Å². The maximum absolute atomic E-state index is 13.1. The third-order valence-corrected chi connectivity index (χ3v) is 3.48. The van der Waals surface area contributed by atoms with E-state index >= 15 is 0 Å². The normalized spacial score (nSPS) is 11.0. The van der Waals surface area contributed by atoms with Gasteiger partial charge in [0.15, 0.2) is 5.65 Å². The molecule has 0 saturated carbocycles. The molecule has 0 bridgehead atoms. The fraction of sp³-hybridized carbons (Fsp3) is 0. The molecule has 0 atom stereocenters. The first-order valence-corrected chi connectivity index (χ1v) is 6.83. The summed E-state index contributed by atoms with van der Waals surface area (Å²) >= 11 is 0. The molecule has 0 unspecified atom stereocenters. The van der Waals surface area contributed by atoms with E-state index < -0.39 is 0 Å². The van der Waals surface area contributed by atoms with Gasteiger partial charge in [0.25, 0.3) is 0 Å². The van der Waals surface area contributed by atoms with Gasteiger partial charge in [0.1, 0.15) is 5.82 Å². The van der Waals surface area contributed by atoms with Gasteiger partial charge < -0.3 is 0 Å². The van der Waals surface area contributed by atoms with Gasteiger partial charge in [-0.3, -0.25) is 4.98 Å². The lowest BCUT2D eigenvalue weighted by atomic mass is 10.1. The summed E-state index contributed by atoms with van der Waals surface area (Å²) in [6.07, 6.45) is 5.21. The van der Waals surface area contributed by atoms with Crippen molar-refractivity contribution in [1.82, 2.24) is 19.6 Å². The van der Waals surface area contributed by atoms with Crippen molar-refractivity contribution in [3.8, 4) is 22.5 Å². The van der Waals surface area contributed by atoms with Crippen LogP contribution >= 0.6 is 0 Å². The minimum absolute atomic E-state index is 0.262. The smallest absolute Gasteiger partial charge is 0.163 e. The number of nitrogens with zero attached hydrogens (tertiary/aromatic N) is 4. The summed E-state index contributed by atoms with van der Waals surface area (Å²) in [6.45, 7) is 0. The van der Waals surface area contributed by atoms with Gasteiger partial charge in [0.05, 0.1) is 17.6 Å². The van der Waals surface area contributed by atoms with Crippen molar-refractivity contribution in [3.63, 3.8) is 0 Å². The molecule has 0 spiro atoms. The molecule has 4 nitrogen and oxygen atoms in total. The molecular weight excluding hydrogens is 279 g/mol. The van der Waals surface area contributed by atoms with E-state index in [1.54, 1.807) is 35.2 Å². The van der Waals surface area contributed by atoms with Crippen LogP contribution in [0.3, 0.4) is 0 Å². The summed E-state index contributed by atoms with van der Waals surface area (Å²) in [5, 5.41) is 4.41. The molecule has 0 amide bonds. The molecule has 0 fully saturated rings. The summed E-state index contributed by atoms with van der Waals surface area (Å²) in [5.74, 6) is -0.262. The van der Waals surface area contributed by atoms with Gasteiger partial charge in [-0.05, 0) is 35.9 Å². The van der Waals surface area contributed by atoms with Crippen molar-refractivity contribution in [3.05, 3.63) is 72.9 Å². The lowest BCUT2D eigenvalue weighted by molar-refractivity contribution is 0.628. The standard InChI is InChI=1S/C17H11FN4/c18-13-6-4-12(5-7-13)14-11-21-22-16(8-10-20-17(14)22)15-3-1-2-9-19-15/h1-11H. The van der Waals surface area contributed by atoms with Crippen LogP contribution < -0.4 is 0 Å². The molecule has 0 aliphatic rings. The van der Waals surface area contributed by atoms with E-state index in [2.05, 4.69) is 15.1 Å². The van der Waals surface area contributed by atoms with Crippen LogP contribution in [0.4, 0.5) is 4.39 Å². The zero-order valence-corrected chi connectivity index (χ0v) is 11.5. The molecule has 22 heavy (non-hydrogen) atoms. The minimum atomic E-state index is -0.262. The molecule has 0 aliphatic heterocycles. The van der Waals surface area contributed by atoms with Crippen molar-refractivity contribution >= 4 is 5.65 Å². The van der Waals surface area contributed by atoms with E-state index in [9.17, 15) is 4.39 Å². The molecule has 0 radical (unpaired) electrons. The summed E-state index contributed by atoms with van der Waals surface area (Å²) < 4.78 is 14.8. The van der Waals surface area contributed by atoms with Gasteiger partial charge in [-0.25, -0.2) is 13.9 Å². The summed E-state index contributed by atoms with van der Waals surface area (Å²) in [6, 6.07) is 13.9. The molecule has 1 aromatic carbocycles. The fourth-order valence-electron chi connectivity index (χ4n) is 2.43. The fourth-order valence-corrected chi connectivity index (χ4v) is 2.43. The van der Waals surface area contributed by atoms with Crippen LogP contribution in [0.25, 0.3) is 28.2 Å². The Bertz CT molecular complexity index is 930. The van der Waals surface area contributed by atoms with Crippen LogP contribution in [0, 0.1) is 5.82 Å². The highest BCUT2D eigenvalue weighted by Gasteiger charge is 2.12. The molecule has 0 saturated heterocycles. The second kappa shape index (κ2) is 5.04. The van der Waals surface area contributed by atoms with Crippen LogP contribution in [0.15, 0.2) is 67.1 Å². The van der Waals surface area contributed by atoms with Crippen molar-refractivity contribution in [2.24, 2.45) is 0 Å². The molecular formula is C17H11FN4.